The van der Waals surface area contributed by atoms with Gasteiger partial charge in [0.25, 0.3) is 6.43 Å². The van der Waals surface area contributed by atoms with E-state index in [2.05, 4.69) is 18.6 Å². The Morgan fingerprint density at radius 3 is 2.07 bits per heavy atom. The van der Waals surface area contributed by atoms with Gasteiger partial charge < -0.3 is 4.74 Å². The quantitative estimate of drug-likeness (QED) is 0.487. The van der Waals surface area contributed by atoms with Crippen LogP contribution >= 0.6 is 0 Å². The summed E-state index contributed by atoms with van der Waals surface area (Å²) in [5.41, 5.74) is 2.32. The molecule has 1 fully saturated rings. The zero-order valence-corrected chi connectivity index (χ0v) is 16.9. The number of carbonyl (C=O) groups excluding carboxylic acids is 2. The number of alkyl halides is 2. The van der Waals surface area contributed by atoms with Crippen LogP contribution in [0.25, 0.3) is 0 Å². The van der Waals surface area contributed by atoms with Crippen molar-refractivity contribution >= 4 is 11.8 Å². The highest BCUT2D eigenvalue weighted by Gasteiger charge is 2.51. The van der Waals surface area contributed by atoms with Crippen LogP contribution in [0.4, 0.5) is 8.78 Å². The van der Waals surface area contributed by atoms with E-state index in [1.54, 1.807) is 12.1 Å². The number of fused-ring (bicyclic) bond motifs is 2. The molecule has 0 bridgehead atoms. The largest absolute Gasteiger partial charge is 0.465 e. The molecule has 0 radical (unpaired) electrons. The van der Waals surface area contributed by atoms with Crippen LogP contribution in [-0.4, -0.2) is 18.9 Å². The maximum atomic E-state index is 13.9. The number of rotatable bonds is 4. The number of methoxy groups -OCH3 is 1. The molecule has 3 nitrogen and oxygen atoms in total. The SMILES string of the molecule is COC(=O)c1ccc(C(=O)c2cc3c(cc2C(F)F)C(C)(C)CCC32CC2)cc1. The summed E-state index contributed by atoms with van der Waals surface area (Å²) in [6.07, 6.45) is 1.35. The number of carbonyl (C=O) groups is 2. The molecule has 4 rings (SSSR count). The van der Waals surface area contributed by atoms with E-state index in [1.165, 1.54) is 31.4 Å². The Hall–Kier alpha value is -2.56. The van der Waals surface area contributed by atoms with Crippen LogP contribution in [0, 0.1) is 0 Å². The summed E-state index contributed by atoms with van der Waals surface area (Å²) in [6.45, 7) is 4.17. The normalized spacial score (nSPS) is 18.4. The van der Waals surface area contributed by atoms with Gasteiger partial charge in [0, 0.05) is 16.7 Å². The van der Waals surface area contributed by atoms with Crippen LogP contribution in [0.1, 0.15) is 88.9 Å². The molecule has 2 aliphatic carbocycles. The standard InChI is InChI=1S/C24H24F2O3/c1-23(2)8-9-24(10-11-24)19-12-16(17(21(25)26)13-18(19)23)20(27)14-4-6-15(7-5-14)22(28)29-3/h4-7,12-13,21H,8-11H2,1-3H3. The minimum atomic E-state index is -2.73. The molecular formula is C24H24F2O3. The Labute approximate surface area is 169 Å². The second-order valence-corrected chi connectivity index (χ2v) is 8.85. The lowest BCUT2D eigenvalue weighted by Gasteiger charge is -2.38. The summed E-state index contributed by atoms with van der Waals surface area (Å²) in [5, 5.41) is 0. The lowest BCUT2D eigenvalue weighted by molar-refractivity contribution is 0.0600. The summed E-state index contributed by atoms with van der Waals surface area (Å²) in [6, 6.07) is 9.22. The van der Waals surface area contributed by atoms with Crippen LogP contribution in [0.2, 0.25) is 0 Å². The number of hydrogen-bond donors (Lipinski definition) is 0. The number of hydrogen-bond acceptors (Lipinski definition) is 3. The first-order valence-corrected chi connectivity index (χ1v) is 9.89. The van der Waals surface area contributed by atoms with Crippen molar-refractivity contribution in [3.8, 4) is 0 Å². The van der Waals surface area contributed by atoms with Gasteiger partial charge in [0.1, 0.15) is 0 Å². The van der Waals surface area contributed by atoms with Crippen LogP contribution < -0.4 is 0 Å². The number of ether oxygens (including phenoxy) is 1. The first-order chi connectivity index (χ1) is 13.7. The second kappa shape index (κ2) is 6.75. The fourth-order valence-electron chi connectivity index (χ4n) is 4.51. The molecule has 152 valence electrons. The van der Waals surface area contributed by atoms with Crippen molar-refractivity contribution in [2.24, 2.45) is 0 Å². The molecule has 2 aliphatic rings. The predicted octanol–water partition coefficient (Wildman–Crippen LogP) is 5.74. The fraction of sp³-hybridized carbons (Fsp3) is 0.417. The Kier molecular flexibility index (Phi) is 4.60. The van der Waals surface area contributed by atoms with E-state index in [4.69, 9.17) is 0 Å². The van der Waals surface area contributed by atoms with E-state index < -0.39 is 18.2 Å². The van der Waals surface area contributed by atoms with Crippen molar-refractivity contribution in [3.05, 3.63) is 69.8 Å². The summed E-state index contributed by atoms with van der Waals surface area (Å²) >= 11 is 0. The highest BCUT2D eigenvalue weighted by atomic mass is 19.3. The highest BCUT2D eigenvalue weighted by molar-refractivity contribution is 6.10. The van der Waals surface area contributed by atoms with Gasteiger partial charge in [-0.25, -0.2) is 13.6 Å². The van der Waals surface area contributed by atoms with Crippen LogP contribution in [0.15, 0.2) is 36.4 Å². The molecule has 29 heavy (non-hydrogen) atoms. The third kappa shape index (κ3) is 3.26. The Morgan fingerprint density at radius 1 is 0.931 bits per heavy atom. The van der Waals surface area contributed by atoms with Crippen molar-refractivity contribution in [1.29, 1.82) is 0 Å². The number of esters is 1. The number of ketones is 1. The molecular weight excluding hydrogens is 374 g/mol. The van der Waals surface area contributed by atoms with Gasteiger partial charge in [-0.05, 0) is 71.9 Å². The van der Waals surface area contributed by atoms with Crippen LogP contribution in [0.3, 0.4) is 0 Å². The molecule has 5 heteroatoms. The zero-order chi connectivity index (χ0) is 21.0. The van der Waals surface area contributed by atoms with Crippen molar-refractivity contribution in [2.45, 2.75) is 56.8 Å². The number of halogens is 2. The van der Waals surface area contributed by atoms with E-state index in [0.717, 1.165) is 36.8 Å². The first kappa shape index (κ1) is 19.7. The van der Waals surface area contributed by atoms with Gasteiger partial charge in [-0.3, -0.25) is 4.79 Å². The van der Waals surface area contributed by atoms with E-state index in [1.807, 2.05) is 0 Å². The van der Waals surface area contributed by atoms with Crippen LogP contribution in [-0.2, 0) is 15.6 Å². The molecule has 1 saturated carbocycles. The monoisotopic (exact) mass is 398 g/mol. The Balaban J connectivity index is 1.81. The summed E-state index contributed by atoms with van der Waals surface area (Å²) in [4.78, 5) is 24.8. The van der Waals surface area contributed by atoms with E-state index >= 15 is 0 Å². The molecule has 0 aromatic heterocycles. The van der Waals surface area contributed by atoms with Crippen LogP contribution in [0.5, 0.6) is 0 Å². The highest BCUT2D eigenvalue weighted by Crippen LogP contribution is 2.59. The van der Waals surface area contributed by atoms with Gasteiger partial charge in [0.15, 0.2) is 5.78 Å². The lowest BCUT2D eigenvalue weighted by Crippen LogP contribution is -2.30. The molecule has 1 spiro atoms. The first-order valence-electron chi connectivity index (χ1n) is 9.89. The van der Waals surface area contributed by atoms with Crippen molar-refractivity contribution in [1.82, 2.24) is 0 Å². The minimum absolute atomic E-state index is 0.0509. The topological polar surface area (TPSA) is 43.4 Å². The summed E-state index contributed by atoms with van der Waals surface area (Å²) < 4.78 is 32.5. The molecule has 0 N–H and O–H groups in total. The zero-order valence-electron chi connectivity index (χ0n) is 16.9. The van der Waals surface area contributed by atoms with Gasteiger partial charge in [-0.1, -0.05) is 26.0 Å². The molecule has 0 atom stereocenters. The van der Waals surface area contributed by atoms with Crippen molar-refractivity contribution in [3.63, 3.8) is 0 Å². The number of benzene rings is 2. The fourth-order valence-corrected chi connectivity index (χ4v) is 4.51. The molecule has 2 aromatic rings. The molecule has 0 unspecified atom stereocenters. The maximum absolute atomic E-state index is 13.9. The molecule has 0 aliphatic heterocycles. The van der Waals surface area contributed by atoms with E-state index in [-0.39, 0.29) is 27.5 Å². The van der Waals surface area contributed by atoms with Gasteiger partial charge in [0.05, 0.1) is 12.7 Å². The average molecular weight is 398 g/mol. The molecule has 0 heterocycles. The van der Waals surface area contributed by atoms with Gasteiger partial charge in [-0.2, -0.15) is 0 Å². The Bertz CT molecular complexity index is 986. The van der Waals surface area contributed by atoms with E-state index in [9.17, 15) is 18.4 Å². The lowest BCUT2D eigenvalue weighted by atomic mass is 9.66. The third-order valence-electron chi connectivity index (χ3n) is 6.62. The van der Waals surface area contributed by atoms with Gasteiger partial charge in [0.2, 0.25) is 0 Å². The maximum Gasteiger partial charge on any atom is 0.337 e. The molecule has 0 saturated heterocycles. The smallest absolute Gasteiger partial charge is 0.337 e. The average Bonchev–Trinajstić information content (AvgIpc) is 3.50. The van der Waals surface area contributed by atoms with E-state index in [0.29, 0.717) is 5.56 Å². The minimum Gasteiger partial charge on any atom is -0.465 e. The van der Waals surface area contributed by atoms with Gasteiger partial charge >= 0.3 is 5.97 Å². The van der Waals surface area contributed by atoms with Crippen molar-refractivity contribution in [2.75, 3.05) is 7.11 Å². The molecule has 0 amide bonds. The second-order valence-electron chi connectivity index (χ2n) is 8.85. The summed E-state index contributed by atoms with van der Waals surface area (Å²) in [7, 11) is 1.28. The van der Waals surface area contributed by atoms with Gasteiger partial charge in [-0.15, -0.1) is 0 Å². The molecule has 2 aromatic carbocycles. The third-order valence-corrected chi connectivity index (χ3v) is 6.62. The summed E-state index contributed by atoms with van der Waals surface area (Å²) in [5.74, 6) is -0.956. The van der Waals surface area contributed by atoms with Crippen molar-refractivity contribution < 1.29 is 23.1 Å². The predicted molar refractivity (Wildman–Crippen MR) is 106 cm³/mol. The Morgan fingerprint density at radius 2 is 1.52 bits per heavy atom.